The van der Waals surface area contributed by atoms with Gasteiger partial charge >= 0.3 is 5.97 Å². The Hall–Kier alpha value is -1.70. The maximum atomic E-state index is 11.8. The molecule has 0 aliphatic heterocycles. The molecule has 5 nitrogen and oxygen atoms in total. The van der Waals surface area contributed by atoms with Crippen LogP contribution >= 0.6 is 31.9 Å². The Balaban J connectivity index is 1.77. The highest BCUT2D eigenvalue weighted by molar-refractivity contribution is 9.11. The number of hydrogen-bond acceptors (Lipinski definition) is 4. The molecule has 126 valence electrons. The first kappa shape index (κ1) is 18.6. The average Bonchev–Trinajstić information content (AvgIpc) is 2.55. The highest BCUT2D eigenvalue weighted by atomic mass is 79.9. The van der Waals surface area contributed by atoms with Crippen molar-refractivity contribution in [3.8, 4) is 0 Å². The Morgan fingerprint density at radius 1 is 1.12 bits per heavy atom. The van der Waals surface area contributed by atoms with E-state index in [4.69, 9.17) is 9.84 Å². The largest absolute Gasteiger partial charge is 0.478 e. The van der Waals surface area contributed by atoms with Gasteiger partial charge in [-0.3, -0.25) is 4.79 Å². The number of carbonyl (C=O) groups excluding carboxylic acids is 1. The van der Waals surface area contributed by atoms with Crippen LogP contribution in [0.1, 0.15) is 15.9 Å². The molecule has 2 N–H and O–H groups in total. The lowest BCUT2D eigenvalue weighted by molar-refractivity contribution is -0.122. The molecule has 0 unspecified atom stereocenters. The van der Waals surface area contributed by atoms with E-state index in [0.717, 1.165) is 14.5 Å². The number of rotatable bonds is 8. The van der Waals surface area contributed by atoms with E-state index in [2.05, 4.69) is 37.2 Å². The summed E-state index contributed by atoms with van der Waals surface area (Å²) >= 11 is 6.81. The molecule has 24 heavy (non-hydrogen) atoms. The minimum Gasteiger partial charge on any atom is -0.478 e. The summed E-state index contributed by atoms with van der Waals surface area (Å²) in [7, 11) is 0. The summed E-state index contributed by atoms with van der Waals surface area (Å²) in [6.07, 6.45) is 0. The third-order valence-electron chi connectivity index (χ3n) is 3.13. The molecular formula is C17H15Br2NO4. The second kappa shape index (κ2) is 8.96. The summed E-state index contributed by atoms with van der Waals surface area (Å²) in [5, 5.41) is 11.8. The maximum Gasteiger partial charge on any atom is 0.335 e. The lowest BCUT2D eigenvalue weighted by atomic mass is 10.2. The molecule has 0 saturated carbocycles. The molecule has 0 atom stereocenters. The van der Waals surface area contributed by atoms with Crippen LogP contribution in [0.3, 0.4) is 0 Å². The number of anilines is 1. The Labute approximate surface area is 156 Å². The molecule has 0 bridgehead atoms. The lowest BCUT2D eigenvalue weighted by Crippen LogP contribution is -2.19. The molecule has 2 aromatic rings. The van der Waals surface area contributed by atoms with Crippen molar-refractivity contribution in [3.63, 3.8) is 0 Å². The van der Waals surface area contributed by atoms with Gasteiger partial charge in [0.25, 0.3) is 0 Å². The van der Waals surface area contributed by atoms with Crippen LogP contribution in [0.2, 0.25) is 0 Å². The molecule has 2 aromatic carbocycles. The number of nitrogens with one attached hydrogen (secondary N) is 1. The summed E-state index contributed by atoms with van der Waals surface area (Å²) in [5.41, 5.74) is 1.70. The van der Waals surface area contributed by atoms with Crippen LogP contribution in [0.5, 0.6) is 0 Å². The van der Waals surface area contributed by atoms with Gasteiger partial charge in [-0.1, -0.05) is 44.0 Å². The van der Waals surface area contributed by atoms with Gasteiger partial charge in [-0.25, -0.2) is 4.79 Å². The molecule has 0 fully saturated rings. The van der Waals surface area contributed by atoms with Crippen LogP contribution in [-0.4, -0.2) is 30.0 Å². The molecule has 7 heteroatoms. The van der Waals surface area contributed by atoms with Crippen LogP contribution in [-0.2, 0) is 16.1 Å². The van der Waals surface area contributed by atoms with Gasteiger partial charge in [0.2, 0.25) is 0 Å². The smallest absolute Gasteiger partial charge is 0.335 e. The Kier molecular flexibility index (Phi) is 6.96. The van der Waals surface area contributed by atoms with Crippen molar-refractivity contribution in [3.05, 3.63) is 62.5 Å². The van der Waals surface area contributed by atoms with Gasteiger partial charge in [0, 0.05) is 14.6 Å². The Morgan fingerprint density at radius 2 is 1.92 bits per heavy atom. The van der Waals surface area contributed by atoms with Crippen molar-refractivity contribution in [2.24, 2.45) is 0 Å². The Morgan fingerprint density at radius 3 is 2.62 bits per heavy atom. The predicted octanol–water partition coefficient (Wildman–Crippen LogP) is 4.11. The number of benzene rings is 2. The van der Waals surface area contributed by atoms with E-state index in [0.29, 0.717) is 12.3 Å². The zero-order valence-corrected chi connectivity index (χ0v) is 15.8. The normalized spacial score (nSPS) is 10.4. The van der Waals surface area contributed by atoms with E-state index in [1.807, 2.05) is 18.2 Å². The molecule has 0 aliphatic carbocycles. The van der Waals surface area contributed by atoms with E-state index in [1.165, 1.54) is 12.1 Å². The number of carboxylic acid groups (broad SMARTS) is 1. The van der Waals surface area contributed by atoms with E-state index in [9.17, 15) is 9.59 Å². The number of carbonyl (C=O) groups is 2. The fourth-order valence-electron chi connectivity index (χ4n) is 1.93. The quantitative estimate of drug-likeness (QED) is 0.625. The standard InChI is InChI=1S/C17H15Br2NO4/c18-13-5-4-12(16(19)7-13)9-24-10-15(21)8-20-14-3-1-2-11(6-14)17(22)23/h1-7,20H,8-10H2,(H,22,23). The summed E-state index contributed by atoms with van der Waals surface area (Å²) in [6, 6.07) is 12.0. The zero-order chi connectivity index (χ0) is 17.5. The molecular weight excluding hydrogens is 442 g/mol. The van der Waals surface area contributed by atoms with Crippen LogP contribution in [0.25, 0.3) is 0 Å². The average molecular weight is 457 g/mol. The molecule has 0 aliphatic rings. The number of ether oxygens (including phenoxy) is 1. The topological polar surface area (TPSA) is 75.6 Å². The molecule has 0 amide bonds. The third kappa shape index (κ3) is 5.74. The van der Waals surface area contributed by atoms with E-state index in [1.54, 1.807) is 12.1 Å². The maximum absolute atomic E-state index is 11.8. The van der Waals surface area contributed by atoms with Gasteiger partial charge < -0.3 is 15.2 Å². The first-order valence-corrected chi connectivity index (χ1v) is 8.65. The van der Waals surface area contributed by atoms with E-state index in [-0.39, 0.29) is 24.5 Å². The van der Waals surface area contributed by atoms with Crippen LogP contribution < -0.4 is 5.32 Å². The van der Waals surface area contributed by atoms with Crippen molar-refractivity contribution < 1.29 is 19.4 Å². The second-order valence-electron chi connectivity index (χ2n) is 5.01. The second-order valence-corrected chi connectivity index (χ2v) is 6.78. The van der Waals surface area contributed by atoms with Gasteiger partial charge in [0.05, 0.1) is 18.7 Å². The number of Topliss-reactive ketones (excluding diaryl/α,β-unsaturated/α-hetero) is 1. The minimum absolute atomic E-state index is 0.0197. The minimum atomic E-state index is -1.01. The van der Waals surface area contributed by atoms with Crippen LogP contribution in [0, 0.1) is 0 Å². The molecule has 0 aromatic heterocycles. The molecule has 0 heterocycles. The number of aromatic carboxylic acids is 1. The molecule has 2 rings (SSSR count). The van der Waals surface area contributed by atoms with Crippen molar-refractivity contribution >= 4 is 49.3 Å². The number of hydrogen-bond donors (Lipinski definition) is 2. The fraction of sp³-hybridized carbons (Fsp3) is 0.176. The summed E-state index contributed by atoms with van der Waals surface area (Å²) < 4.78 is 7.29. The molecule has 0 radical (unpaired) electrons. The third-order valence-corrected chi connectivity index (χ3v) is 4.37. The lowest BCUT2D eigenvalue weighted by Gasteiger charge is -2.08. The fourth-order valence-corrected chi connectivity index (χ4v) is 3.09. The number of halogens is 2. The van der Waals surface area contributed by atoms with Crippen molar-refractivity contribution in [2.75, 3.05) is 18.5 Å². The first-order chi connectivity index (χ1) is 11.5. The number of carboxylic acids is 1. The van der Waals surface area contributed by atoms with Gasteiger partial charge in [-0.2, -0.15) is 0 Å². The van der Waals surface area contributed by atoms with Gasteiger partial charge in [-0.15, -0.1) is 0 Å². The van der Waals surface area contributed by atoms with Crippen molar-refractivity contribution in [1.29, 1.82) is 0 Å². The van der Waals surface area contributed by atoms with Gasteiger partial charge in [0.1, 0.15) is 6.61 Å². The summed E-state index contributed by atoms with van der Waals surface area (Å²) in [5.74, 6) is -1.13. The van der Waals surface area contributed by atoms with Crippen LogP contribution in [0.15, 0.2) is 51.4 Å². The highest BCUT2D eigenvalue weighted by Gasteiger charge is 2.07. The number of ketones is 1. The Bertz CT molecular complexity index is 749. The summed E-state index contributed by atoms with van der Waals surface area (Å²) in [4.78, 5) is 22.7. The molecule has 0 spiro atoms. The SMILES string of the molecule is O=C(CNc1cccc(C(=O)O)c1)COCc1ccc(Br)cc1Br. The summed E-state index contributed by atoms with van der Waals surface area (Å²) in [6.45, 7) is 0.382. The van der Waals surface area contributed by atoms with Crippen LogP contribution in [0.4, 0.5) is 5.69 Å². The highest BCUT2D eigenvalue weighted by Crippen LogP contribution is 2.22. The van der Waals surface area contributed by atoms with Crippen molar-refractivity contribution in [2.45, 2.75) is 6.61 Å². The first-order valence-electron chi connectivity index (χ1n) is 7.06. The monoisotopic (exact) mass is 455 g/mol. The van der Waals surface area contributed by atoms with E-state index >= 15 is 0 Å². The molecule has 0 saturated heterocycles. The van der Waals surface area contributed by atoms with Gasteiger partial charge in [-0.05, 0) is 35.9 Å². The zero-order valence-electron chi connectivity index (χ0n) is 12.6. The van der Waals surface area contributed by atoms with Gasteiger partial charge in [0.15, 0.2) is 5.78 Å². The van der Waals surface area contributed by atoms with Crippen molar-refractivity contribution in [1.82, 2.24) is 0 Å². The predicted molar refractivity (Wildman–Crippen MR) is 98.4 cm³/mol. The van der Waals surface area contributed by atoms with E-state index < -0.39 is 5.97 Å².